The number of aromatic nitrogens is 3. The van der Waals surface area contributed by atoms with E-state index < -0.39 is 5.97 Å². The van der Waals surface area contributed by atoms with Crippen LogP contribution in [-0.2, 0) is 29.7 Å². The van der Waals surface area contributed by atoms with E-state index in [1.165, 1.54) is 15.4 Å². The second-order valence-corrected chi connectivity index (χ2v) is 5.74. The summed E-state index contributed by atoms with van der Waals surface area (Å²) in [6, 6.07) is 12.4. The minimum atomic E-state index is -0.536. The number of para-hydroxylation sites is 2. The third kappa shape index (κ3) is 2.81. The van der Waals surface area contributed by atoms with Gasteiger partial charge in [-0.25, -0.2) is 4.79 Å². The number of rotatable bonds is 5. The molecule has 132 valence electrons. The van der Waals surface area contributed by atoms with Crippen LogP contribution in [0.25, 0.3) is 22.6 Å². The number of fused-ring (bicyclic) bond motifs is 1. The zero-order valence-corrected chi connectivity index (χ0v) is 13.9. The summed E-state index contributed by atoms with van der Waals surface area (Å²) in [7, 11) is 1.66. The highest BCUT2D eigenvalue weighted by Crippen LogP contribution is 2.20. The first-order valence-corrected chi connectivity index (χ1v) is 7.93. The molecule has 0 saturated carbocycles. The van der Waals surface area contributed by atoms with Crippen molar-refractivity contribution in [3.8, 4) is 11.5 Å². The molecule has 0 aliphatic carbocycles. The molecule has 4 rings (SSSR count). The van der Waals surface area contributed by atoms with Gasteiger partial charge in [0.05, 0.1) is 17.3 Å². The lowest BCUT2D eigenvalue weighted by atomic mass is 10.3. The SMILES string of the molecule is Cn1c(=O)n(CC(=O)OCc2cc(-c3ccco3)on2)c2ccccc21. The van der Waals surface area contributed by atoms with E-state index in [1.54, 1.807) is 31.3 Å². The van der Waals surface area contributed by atoms with E-state index >= 15 is 0 Å². The number of hydrogen-bond donors (Lipinski definition) is 0. The van der Waals surface area contributed by atoms with Crippen molar-refractivity contribution in [1.82, 2.24) is 14.3 Å². The van der Waals surface area contributed by atoms with Crippen LogP contribution in [0.5, 0.6) is 0 Å². The number of carbonyl (C=O) groups is 1. The van der Waals surface area contributed by atoms with Crippen LogP contribution in [-0.4, -0.2) is 20.3 Å². The highest BCUT2D eigenvalue weighted by molar-refractivity contribution is 5.78. The number of benzene rings is 1. The predicted octanol–water partition coefficient (Wildman–Crippen LogP) is 2.33. The van der Waals surface area contributed by atoms with Crippen LogP contribution in [0.15, 0.2) is 62.5 Å². The third-order valence-corrected chi connectivity index (χ3v) is 4.04. The van der Waals surface area contributed by atoms with Crippen LogP contribution in [0, 0.1) is 0 Å². The Labute approximate surface area is 147 Å². The molecule has 3 aromatic heterocycles. The molecule has 0 saturated heterocycles. The quantitative estimate of drug-likeness (QED) is 0.511. The Morgan fingerprint density at radius 1 is 1.15 bits per heavy atom. The molecule has 8 heteroatoms. The molecule has 0 radical (unpaired) electrons. The zero-order valence-electron chi connectivity index (χ0n) is 13.9. The van der Waals surface area contributed by atoms with Crippen molar-refractivity contribution in [3.63, 3.8) is 0 Å². The van der Waals surface area contributed by atoms with Crippen molar-refractivity contribution in [2.24, 2.45) is 7.05 Å². The second-order valence-electron chi connectivity index (χ2n) is 5.74. The molecule has 0 aliphatic rings. The van der Waals surface area contributed by atoms with Crippen LogP contribution < -0.4 is 5.69 Å². The maximum absolute atomic E-state index is 12.3. The molecule has 0 bridgehead atoms. The lowest BCUT2D eigenvalue weighted by molar-refractivity contribution is -0.145. The van der Waals surface area contributed by atoms with Crippen LogP contribution in [0.1, 0.15) is 5.69 Å². The number of nitrogens with zero attached hydrogens (tertiary/aromatic N) is 3. The number of furan rings is 1. The Hall–Kier alpha value is -3.55. The first kappa shape index (κ1) is 15.9. The Morgan fingerprint density at radius 3 is 2.73 bits per heavy atom. The Balaban J connectivity index is 1.45. The number of carbonyl (C=O) groups excluding carboxylic acids is 1. The fourth-order valence-corrected chi connectivity index (χ4v) is 2.76. The summed E-state index contributed by atoms with van der Waals surface area (Å²) in [5.74, 6) is 0.453. The summed E-state index contributed by atoms with van der Waals surface area (Å²) in [6.07, 6.45) is 1.53. The molecule has 3 heterocycles. The molecule has 0 unspecified atom stereocenters. The van der Waals surface area contributed by atoms with Crippen LogP contribution >= 0.6 is 0 Å². The van der Waals surface area contributed by atoms with Gasteiger partial charge < -0.3 is 13.7 Å². The van der Waals surface area contributed by atoms with Gasteiger partial charge in [-0.1, -0.05) is 17.3 Å². The first-order chi connectivity index (χ1) is 12.6. The number of imidazole rings is 1. The van der Waals surface area contributed by atoms with Crippen LogP contribution in [0.3, 0.4) is 0 Å². The third-order valence-electron chi connectivity index (χ3n) is 4.04. The molecule has 0 spiro atoms. The highest BCUT2D eigenvalue weighted by Gasteiger charge is 2.15. The summed E-state index contributed by atoms with van der Waals surface area (Å²) in [6.45, 7) is -0.231. The smallest absolute Gasteiger partial charge is 0.329 e. The minimum Gasteiger partial charge on any atom is -0.461 e. The average molecular weight is 353 g/mol. The van der Waals surface area contributed by atoms with Gasteiger partial charge in [-0.05, 0) is 24.3 Å². The van der Waals surface area contributed by atoms with E-state index in [0.29, 0.717) is 22.7 Å². The van der Waals surface area contributed by atoms with Crippen molar-refractivity contribution in [2.45, 2.75) is 13.2 Å². The van der Waals surface area contributed by atoms with E-state index in [4.69, 9.17) is 13.7 Å². The molecule has 4 aromatic rings. The number of esters is 1. The van der Waals surface area contributed by atoms with Gasteiger partial charge in [-0.3, -0.25) is 13.9 Å². The lowest BCUT2D eigenvalue weighted by Crippen LogP contribution is -2.26. The van der Waals surface area contributed by atoms with Crippen molar-refractivity contribution in [1.29, 1.82) is 0 Å². The van der Waals surface area contributed by atoms with Crippen molar-refractivity contribution >= 4 is 17.0 Å². The highest BCUT2D eigenvalue weighted by atomic mass is 16.5. The van der Waals surface area contributed by atoms with Gasteiger partial charge in [-0.2, -0.15) is 0 Å². The van der Waals surface area contributed by atoms with Crippen molar-refractivity contribution in [3.05, 3.63) is 64.9 Å². The molecular weight excluding hydrogens is 338 g/mol. The first-order valence-electron chi connectivity index (χ1n) is 7.93. The molecule has 1 aromatic carbocycles. The number of ether oxygens (including phenoxy) is 1. The summed E-state index contributed by atoms with van der Waals surface area (Å²) in [5.41, 5.74) is 1.61. The second kappa shape index (κ2) is 6.40. The maximum atomic E-state index is 12.3. The van der Waals surface area contributed by atoms with E-state index in [2.05, 4.69) is 5.16 Å². The molecule has 0 atom stereocenters. The van der Waals surface area contributed by atoms with Gasteiger partial charge >= 0.3 is 11.7 Å². The predicted molar refractivity (Wildman–Crippen MR) is 91.2 cm³/mol. The molecule has 0 fully saturated rings. The fourth-order valence-electron chi connectivity index (χ4n) is 2.76. The van der Waals surface area contributed by atoms with Gasteiger partial charge in [-0.15, -0.1) is 0 Å². The summed E-state index contributed by atoms with van der Waals surface area (Å²) in [4.78, 5) is 24.5. The molecule has 0 N–H and O–H groups in total. The normalized spacial score (nSPS) is 11.1. The molecule has 8 nitrogen and oxygen atoms in total. The summed E-state index contributed by atoms with van der Waals surface area (Å²) in [5, 5.41) is 3.84. The Bertz CT molecular complexity index is 1120. The lowest BCUT2D eigenvalue weighted by Gasteiger charge is -2.04. The van der Waals surface area contributed by atoms with E-state index in [9.17, 15) is 9.59 Å². The largest absolute Gasteiger partial charge is 0.461 e. The molecule has 0 amide bonds. The van der Waals surface area contributed by atoms with Crippen LogP contribution in [0.2, 0.25) is 0 Å². The molecular formula is C18H15N3O5. The van der Waals surface area contributed by atoms with Crippen molar-refractivity contribution in [2.75, 3.05) is 0 Å². The van der Waals surface area contributed by atoms with E-state index in [1.807, 2.05) is 18.2 Å². The monoisotopic (exact) mass is 353 g/mol. The number of hydrogen-bond acceptors (Lipinski definition) is 6. The van der Waals surface area contributed by atoms with Crippen LogP contribution in [0.4, 0.5) is 0 Å². The Kier molecular flexibility index (Phi) is 3.92. The average Bonchev–Trinajstić information content (AvgIpc) is 3.38. The van der Waals surface area contributed by atoms with E-state index in [0.717, 1.165) is 5.52 Å². The molecule has 26 heavy (non-hydrogen) atoms. The summed E-state index contributed by atoms with van der Waals surface area (Å²) >= 11 is 0. The zero-order chi connectivity index (χ0) is 18.1. The summed E-state index contributed by atoms with van der Waals surface area (Å²) < 4.78 is 18.5. The van der Waals surface area contributed by atoms with Gasteiger partial charge in [0.2, 0.25) is 5.76 Å². The van der Waals surface area contributed by atoms with Gasteiger partial charge in [0.25, 0.3) is 0 Å². The van der Waals surface area contributed by atoms with Gasteiger partial charge in [0.1, 0.15) is 18.8 Å². The van der Waals surface area contributed by atoms with Gasteiger partial charge in [0, 0.05) is 13.1 Å². The number of aryl methyl sites for hydroxylation is 1. The fraction of sp³-hybridized carbons (Fsp3) is 0.167. The molecule has 0 aliphatic heterocycles. The maximum Gasteiger partial charge on any atom is 0.329 e. The topological polar surface area (TPSA) is 92.4 Å². The standard InChI is InChI=1S/C18H15N3O5/c1-20-13-5-2-3-6-14(13)21(18(20)23)10-17(22)25-11-12-9-16(26-19-12)15-7-4-8-24-15/h2-9H,10-11H2,1H3. The van der Waals surface area contributed by atoms with E-state index in [-0.39, 0.29) is 18.8 Å². The van der Waals surface area contributed by atoms with Crippen molar-refractivity contribution < 1.29 is 18.5 Å². The van der Waals surface area contributed by atoms with Gasteiger partial charge in [0.15, 0.2) is 5.76 Å². The Morgan fingerprint density at radius 2 is 1.96 bits per heavy atom. The minimum absolute atomic E-state index is 0.0530.